The van der Waals surface area contributed by atoms with Crippen LogP contribution in [-0.2, 0) is 10.2 Å². The van der Waals surface area contributed by atoms with Crippen molar-refractivity contribution < 1.29 is 9.53 Å². The van der Waals surface area contributed by atoms with Gasteiger partial charge in [0, 0.05) is 37.2 Å². The molecule has 0 spiro atoms. The van der Waals surface area contributed by atoms with Gasteiger partial charge in [-0.15, -0.1) is 0 Å². The second-order valence-electron chi connectivity index (χ2n) is 9.91. The van der Waals surface area contributed by atoms with Crippen molar-refractivity contribution in [3.05, 3.63) is 46.5 Å². The number of benzene rings is 1. The molecule has 5 heteroatoms. The molecule has 1 saturated heterocycles. The van der Waals surface area contributed by atoms with E-state index in [0.29, 0.717) is 19.1 Å². The highest BCUT2D eigenvalue weighted by molar-refractivity contribution is 6.30. The minimum atomic E-state index is -0.457. The Bertz CT molecular complexity index is 707. The van der Waals surface area contributed by atoms with Crippen LogP contribution in [0.4, 0.5) is 4.79 Å². The number of amides is 1. The molecule has 1 heterocycles. The van der Waals surface area contributed by atoms with E-state index in [1.54, 1.807) is 0 Å². The van der Waals surface area contributed by atoms with Crippen molar-refractivity contribution in [1.29, 1.82) is 0 Å². The zero-order valence-corrected chi connectivity index (χ0v) is 19.8. The summed E-state index contributed by atoms with van der Waals surface area (Å²) in [6.45, 7) is 17.7. The lowest BCUT2D eigenvalue weighted by Gasteiger charge is -2.41. The third-order valence-electron chi connectivity index (χ3n) is 5.31. The molecule has 1 aromatic rings. The lowest BCUT2D eigenvalue weighted by molar-refractivity contribution is 0.0112. The number of rotatable bonds is 5. The number of hydrogen-bond donors (Lipinski definition) is 0. The fraction of sp³-hybridized carbons (Fsp3) is 0.625. The Morgan fingerprint density at radius 1 is 1.07 bits per heavy atom. The molecule has 29 heavy (non-hydrogen) atoms. The van der Waals surface area contributed by atoms with E-state index in [4.69, 9.17) is 16.3 Å². The molecule has 0 radical (unpaired) electrons. The van der Waals surface area contributed by atoms with Crippen LogP contribution in [0.25, 0.3) is 0 Å². The van der Waals surface area contributed by atoms with E-state index in [1.807, 2.05) is 37.8 Å². The largest absolute Gasteiger partial charge is 0.444 e. The first-order valence-corrected chi connectivity index (χ1v) is 10.9. The molecular weight excluding hydrogens is 384 g/mol. The fourth-order valence-electron chi connectivity index (χ4n) is 3.78. The zero-order chi connectivity index (χ0) is 21.8. The van der Waals surface area contributed by atoms with Gasteiger partial charge in [0.15, 0.2) is 0 Å². The van der Waals surface area contributed by atoms with E-state index >= 15 is 0 Å². The van der Waals surface area contributed by atoms with Crippen LogP contribution in [0.3, 0.4) is 0 Å². The van der Waals surface area contributed by atoms with Gasteiger partial charge >= 0.3 is 6.09 Å². The van der Waals surface area contributed by atoms with Gasteiger partial charge < -0.3 is 9.64 Å². The van der Waals surface area contributed by atoms with Crippen LogP contribution in [0, 0.1) is 0 Å². The van der Waals surface area contributed by atoms with E-state index < -0.39 is 5.60 Å². The van der Waals surface area contributed by atoms with Gasteiger partial charge in [0.25, 0.3) is 0 Å². The number of nitrogens with zero attached hydrogens (tertiary/aromatic N) is 2. The molecule has 0 saturated carbocycles. The van der Waals surface area contributed by atoms with E-state index in [1.165, 1.54) is 11.1 Å². The molecule has 0 N–H and O–H groups in total. The SMILES string of the molecule is CC(C)=CC(CC(C)(C)c1ccc(Cl)cc1)N1CCN(C(=O)OC(C)(C)C)CC1. The number of carbonyl (C=O) groups is 1. The molecule has 1 atom stereocenters. The van der Waals surface area contributed by atoms with Crippen molar-refractivity contribution in [2.75, 3.05) is 26.2 Å². The Labute approximate surface area is 181 Å². The number of allylic oxidation sites excluding steroid dienone is 1. The second-order valence-corrected chi connectivity index (χ2v) is 10.3. The Kier molecular flexibility index (Phi) is 7.80. The van der Waals surface area contributed by atoms with Gasteiger partial charge in [0.1, 0.15) is 5.60 Å². The number of hydrogen-bond acceptors (Lipinski definition) is 3. The van der Waals surface area contributed by atoms with Gasteiger partial charge in [-0.3, -0.25) is 4.90 Å². The first-order valence-electron chi connectivity index (χ1n) is 10.5. The quantitative estimate of drug-likeness (QED) is 0.556. The second kappa shape index (κ2) is 9.53. The van der Waals surface area contributed by atoms with Gasteiger partial charge in [-0.2, -0.15) is 0 Å². The van der Waals surface area contributed by atoms with Crippen molar-refractivity contribution in [2.45, 2.75) is 71.9 Å². The third kappa shape index (κ3) is 7.35. The standard InChI is InChI=1S/C24H37ClN2O2/c1-18(2)16-21(17-24(6,7)19-8-10-20(25)11-9-19)26-12-14-27(15-13-26)22(28)29-23(3,4)5/h8-11,16,21H,12-15,17H2,1-7H3. The maximum Gasteiger partial charge on any atom is 0.410 e. The summed E-state index contributed by atoms with van der Waals surface area (Å²) in [7, 11) is 0. The van der Waals surface area contributed by atoms with Crippen LogP contribution in [0.5, 0.6) is 0 Å². The van der Waals surface area contributed by atoms with Crippen LogP contribution < -0.4 is 0 Å². The van der Waals surface area contributed by atoms with Crippen LogP contribution >= 0.6 is 11.6 Å². The molecule has 0 bridgehead atoms. The maximum atomic E-state index is 12.4. The topological polar surface area (TPSA) is 32.8 Å². The fourth-order valence-corrected chi connectivity index (χ4v) is 3.91. The highest BCUT2D eigenvalue weighted by atomic mass is 35.5. The summed E-state index contributed by atoms with van der Waals surface area (Å²) < 4.78 is 5.53. The van der Waals surface area contributed by atoms with Crippen molar-refractivity contribution in [3.63, 3.8) is 0 Å². The van der Waals surface area contributed by atoms with Gasteiger partial charge in [-0.05, 0) is 64.2 Å². The first-order chi connectivity index (χ1) is 13.4. The Hall–Kier alpha value is -1.52. The first kappa shape index (κ1) is 23.8. The molecule has 1 unspecified atom stereocenters. The van der Waals surface area contributed by atoms with Crippen LogP contribution in [0.2, 0.25) is 5.02 Å². The minimum absolute atomic E-state index is 0.0174. The number of piperazine rings is 1. The number of carbonyl (C=O) groups excluding carboxylic acids is 1. The Morgan fingerprint density at radius 2 is 1.62 bits per heavy atom. The predicted octanol–water partition coefficient (Wildman–Crippen LogP) is 5.90. The highest BCUT2D eigenvalue weighted by Gasteiger charge is 2.31. The van der Waals surface area contributed by atoms with E-state index in [-0.39, 0.29) is 11.5 Å². The molecule has 4 nitrogen and oxygen atoms in total. The van der Waals surface area contributed by atoms with Crippen LogP contribution in [0.15, 0.2) is 35.9 Å². The molecule has 162 valence electrons. The monoisotopic (exact) mass is 420 g/mol. The molecule has 1 fully saturated rings. The molecular formula is C24H37ClN2O2. The average molecular weight is 421 g/mol. The Morgan fingerprint density at radius 3 is 2.10 bits per heavy atom. The summed E-state index contributed by atoms with van der Waals surface area (Å²) in [5.74, 6) is 0. The lowest BCUT2D eigenvalue weighted by atomic mass is 9.78. The van der Waals surface area contributed by atoms with Gasteiger partial charge in [-0.1, -0.05) is 49.2 Å². The summed E-state index contributed by atoms with van der Waals surface area (Å²) in [6.07, 6.45) is 3.16. The molecule has 2 rings (SSSR count). The highest BCUT2D eigenvalue weighted by Crippen LogP contribution is 2.32. The van der Waals surface area contributed by atoms with Gasteiger partial charge in [0.2, 0.25) is 0 Å². The van der Waals surface area contributed by atoms with Crippen molar-refractivity contribution in [2.24, 2.45) is 0 Å². The molecule has 1 aliphatic rings. The summed E-state index contributed by atoms with van der Waals surface area (Å²) in [5.41, 5.74) is 2.17. The van der Waals surface area contributed by atoms with Gasteiger partial charge in [0.05, 0.1) is 0 Å². The third-order valence-corrected chi connectivity index (χ3v) is 5.56. The summed E-state index contributed by atoms with van der Waals surface area (Å²) in [6, 6.07) is 8.51. The maximum absolute atomic E-state index is 12.4. The lowest BCUT2D eigenvalue weighted by Crippen LogP contribution is -2.53. The molecule has 1 aliphatic heterocycles. The molecule has 0 aromatic heterocycles. The molecule has 1 amide bonds. The normalized spacial score (nSPS) is 17.0. The predicted molar refractivity (Wildman–Crippen MR) is 122 cm³/mol. The van der Waals surface area contributed by atoms with Crippen molar-refractivity contribution in [3.8, 4) is 0 Å². The number of ether oxygens (including phenoxy) is 1. The van der Waals surface area contributed by atoms with Crippen molar-refractivity contribution in [1.82, 2.24) is 9.80 Å². The summed E-state index contributed by atoms with van der Waals surface area (Å²) in [5, 5.41) is 0.767. The van der Waals surface area contributed by atoms with Crippen LogP contribution in [0.1, 0.15) is 60.5 Å². The molecule has 1 aromatic carbocycles. The number of halogens is 1. The molecule has 0 aliphatic carbocycles. The summed E-state index contributed by atoms with van der Waals surface area (Å²) in [4.78, 5) is 16.7. The smallest absolute Gasteiger partial charge is 0.410 e. The minimum Gasteiger partial charge on any atom is -0.444 e. The van der Waals surface area contributed by atoms with E-state index in [2.05, 4.69) is 50.8 Å². The zero-order valence-electron chi connectivity index (χ0n) is 19.1. The van der Waals surface area contributed by atoms with E-state index in [0.717, 1.165) is 24.5 Å². The average Bonchev–Trinajstić information content (AvgIpc) is 2.59. The Balaban J connectivity index is 2.07. The van der Waals surface area contributed by atoms with E-state index in [9.17, 15) is 4.79 Å². The van der Waals surface area contributed by atoms with Crippen LogP contribution in [-0.4, -0.2) is 53.7 Å². The summed E-state index contributed by atoms with van der Waals surface area (Å²) >= 11 is 6.08. The van der Waals surface area contributed by atoms with Gasteiger partial charge in [-0.25, -0.2) is 4.79 Å². The van der Waals surface area contributed by atoms with Crippen molar-refractivity contribution >= 4 is 17.7 Å².